The van der Waals surface area contributed by atoms with Crippen molar-refractivity contribution in [3.8, 4) is 22.8 Å². The number of amides is 1. The van der Waals surface area contributed by atoms with Gasteiger partial charge in [0.25, 0.3) is 5.91 Å². The molecular formula is C23H26N4O3. The molecule has 0 atom stereocenters. The zero-order chi connectivity index (χ0) is 21.1. The molecule has 0 bridgehead atoms. The highest BCUT2D eigenvalue weighted by molar-refractivity contribution is 5.94. The number of ether oxygens (including phenoxy) is 2. The van der Waals surface area contributed by atoms with Crippen LogP contribution in [0.1, 0.15) is 10.5 Å². The zero-order valence-electron chi connectivity index (χ0n) is 17.5. The van der Waals surface area contributed by atoms with Crippen LogP contribution in [0.3, 0.4) is 0 Å². The molecule has 1 aromatic heterocycles. The number of piperazine rings is 1. The predicted molar refractivity (Wildman–Crippen MR) is 116 cm³/mol. The van der Waals surface area contributed by atoms with Gasteiger partial charge in [0, 0.05) is 50.5 Å². The van der Waals surface area contributed by atoms with Gasteiger partial charge in [0.15, 0.2) is 0 Å². The maximum absolute atomic E-state index is 13.1. The third-order valence-corrected chi connectivity index (χ3v) is 5.47. The second-order valence-corrected chi connectivity index (χ2v) is 7.25. The molecule has 4 rings (SSSR count). The van der Waals surface area contributed by atoms with Crippen molar-refractivity contribution in [2.75, 3.05) is 45.3 Å². The molecule has 7 nitrogen and oxygen atoms in total. The molecule has 1 aliphatic rings. The quantitative estimate of drug-likeness (QED) is 0.652. The summed E-state index contributed by atoms with van der Waals surface area (Å²) in [6, 6.07) is 17.6. The number of hydrogen-bond acceptors (Lipinski definition) is 5. The van der Waals surface area contributed by atoms with Gasteiger partial charge in [-0.3, -0.25) is 9.48 Å². The van der Waals surface area contributed by atoms with Gasteiger partial charge in [0.2, 0.25) is 0 Å². The lowest BCUT2D eigenvalue weighted by Crippen LogP contribution is -2.49. The van der Waals surface area contributed by atoms with Crippen LogP contribution in [0.15, 0.2) is 54.6 Å². The van der Waals surface area contributed by atoms with E-state index >= 15 is 0 Å². The Morgan fingerprint density at radius 3 is 2.27 bits per heavy atom. The number of carbonyl (C=O) groups excluding carboxylic acids is 1. The molecule has 0 N–H and O–H groups in total. The first-order chi connectivity index (χ1) is 14.6. The topological polar surface area (TPSA) is 59.8 Å². The van der Waals surface area contributed by atoms with Crippen LogP contribution in [0.2, 0.25) is 0 Å². The van der Waals surface area contributed by atoms with E-state index in [2.05, 4.69) is 16.1 Å². The molecule has 2 heterocycles. The summed E-state index contributed by atoms with van der Waals surface area (Å²) in [6.07, 6.45) is 0. The first kappa shape index (κ1) is 19.8. The summed E-state index contributed by atoms with van der Waals surface area (Å²) in [5.74, 6) is 1.64. The molecule has 0 radical (unpaired) electrons. The number of benzene rings is 2. The largest absolute Gasteiger partial charge is 0.497 e. The number of carbonyl (C=O) groups is 1. The highest BCUT2D eigenvalue weighted by Crippen LogP contribution is 2.24. The average Bonchev–Trinajstić information content (AvgIpc) is 3.20. The second kappa shape index (κ2) is 8.49. The van der Waals surface area contributed by atoms with Crippen LogP contribution in [-0.4, -0.2) is 61.0 Å². The zero-order valence-corrected chi connectivity index (χ0v) is 17.5. The van der Waals surface area contributed by atoms with Crippen molar-refractivity contribution in [1.29, 1.82) is 0 Å². The maximum atomic E-state index is 13.1. The van der Waals surface area contributed by atoms with Crippen LogP contribution in [-0.2, 0) is 7.05 Å². The van der Waals surface area contributed by atoms with E-state index in [9.17, 15) is 4.79 Å². The van der Waals surface area contributed by atoms with Gasteiger partial charge >= 0.3 is 0 Å². The molecule has 1 saturated heterocycles. The highest BCUT2D eigenvalue weighted by atomic mass is 16.5. The summed E-state index contributed by atoms with van der Waals surface area (Å²) in [5.41, 5.74) is 3.44. The van der Waals surface area contributed by atoms with Crippen molar-refractivity contribution in [3.05, 3.63) is 60.3 Å². The minimum Gasteiger partial charge on any atom is -0.497 e. The molecule has 0 saturated carbocycles. The number of anilines is 1. The first-order valence-corrected chi connectivity index (χ1v) is 9.96. The Morgan fingerprint density at radius 2 is 1.60 bits per heavy atom. The highest BCUT2D eigenvalue weighted by Gasteiger charge is 2.25. The van der Waals surface area contributed by atoms with Crippen molar-refractivity contribution in [3.63, 3.8) is 0 Å². The smallest absolute Gasteiger partial charge is 0.272 e. The fourth-order valence-corrected chi connectivity index (χ4v) is 3.71. The van der Waals surface area contributed by atoms with Gasteiger partial charge in [-0.15, -0.1) is 0 Å². The van der Waals surface area contributed by atoms with Gasteiger partial charge < -0.3 is 19.3 Å². The maximum Gasteiger partial charge on any atom is 0.272 e. The number of hydrogen-bond donors (Lipinski definition) is 0. The number of rotatable bonds is 5. The lowest BCUT2D eigenvalue weighted by Gasteiger charge is -2.36. The second-order valence-electron chi connectivity index (χ2n) is 7.25. The fourth-order valence-electron chi connectivity index (χ4n) is 3.71. The van der Waals surface area contributed by atoms with Crippen molar-refractivity contribution in [1.82, 2.24) is 14.7 Å². The normalized spacial score (nSPS) is 14.0. The Morgan fingerprint density at radius 1 is 0.900 bits per heavy atom. The number of methoxy groups -OCH3 is 2. The minimum atomic E-state index is 0.00931. The van der Waals surface area contributed by atoms with Crippen molar-refractivity contribution >= 4 is 11.6 Å². The average molecular weight is 406 g/mol. The minimum absolute atomic E-state index is 0.00931. The van der Waals surface area contributed by atoms with Crippen LogP contribution in [0.25, 0.3) is 11.3 Å². The standard InChI is InChI=1S/C23H26N4O3/c1-25-22(16-21(24-25)17-7-9-19(29-2)10-8-17)23(28)27-13-11-26(12-14-27)18-5-4-6-20(15-18)30-3/h4-10,15-16H,11-14H2,1-3H3. The molecule has 30 heavy (non-hydrogen) atoms. The van der Waals surface area contributed by atoms with Gasteiger partial charge in [-0.2, -0.15) is 5.10 Å². The van der Waals surface area contributed by atoms with E-state index in [1.807, 2.05) is 60.5 Å². The van der Waals surface area contributed by atoms with Crippen LogP contribution < -0.4 is 14.4 Å². The van der Waals surface area contributed by atoms with E-state index < -0.39 is 0 Å². The SMILES string of the molecule is COc1ccc(-c2cc(C(=O)N3CCN(c4cccc(OC)c4)CC3)n(C)n2)cc1. The Bertz CT molecular complexity index is 1020. The van der Waals surface area contributed by atoms with Crippen LogP contribution in [0, 0.1) is 0 Å². The molecule has 156 valence electrons. The van der Waals surface area contributed by atoms with E-state index in [-0.39, 0.29) is 5.91 Å². The lowest BCUT2D eigenvalue weighted by atomic mass is 10.1. The lowest BCUT2D eigenvalue weighted by molar-refractivity contribution is 0.0735. The Labute approximate surface area is 176 Å². The number of aromatic nitrogens is 2. The summed E-state index contributed by atoms with van der Waals surface area (Å²) in [6.45, 7) is 2.89. The third-order valence-electron chi connectivity index (χ3n) is 5.47. The summed E-state index contributed by atoms with van der Waals surface area (Å²) >= 11 is 0. The van der Waals surface area contributed by atoms with E-state index in [0.717, 1.165) is 41.5 Å². The molecular weight excluding hydrogens is 380 g/mol. The summed E-state index contributed by atoms with van der Waals surface area (Å²) in [5, 5.41) is 4.54. The summed E-state index contributed by atoms with van der Waals surface area (Å²) in [4.78, 5) is 17.3. The van der Waals surface area contributed by atoms with E-state index in [0.29, 0.717) is 18.8 Å². The van der Waals surface area contributed by atoms with E-state index in [1.165, 1.54) is 0 Å². The molecule has 1 fully saturated rings. The summed E-state index contributed by atoms with van der Waals surface area (Å²) < 4.78 is 12.2. The number of nitrogens with zero attached hydrogens (tertiary/aromatic N) is 4. The van der Waals surface area contributed by atoms with Crippen LogP contribution in [0.5, 0.6) is 11.5 Å². The van der Waals surface area contributed by atoms with Gasteiger partial charge in [-0.1, -0.05) is 6.07 Å². The summed E-state index contributed by atoms with van der Waals surface area (Å²) in [7, 11) is 5.12. The van der Waals surface area contributed by atoms with Gasteiger partial charge in [-0.25, -0.2) is 0 Å². The Hall–Kier alpha value is -3.48. The van der Waals surface area contributed by atoms with Gasteiger partial charge in [-0.05, 0) is 42.5 Å². The molecule has 0 aliphatic carbocycles. The van der Waals surface area contributed by atoms with Crippen molar-refractivity contribution in [2.45, 2.75) is 0 Å². The molecule has 0 unspecified atom stereocenters. The van der Waals surface area contributed by atoms with Gasteiger partial charge in [0.1, 0.15) is 17.2 Å². The molecule has 0 spiro atoms. The molecule has 2 aromatic carbocycles. The monoisotopic (exact) mass is 406 g/mol. The number of aryl methyl sites for hydroxylation is 1. The third kappa shape index (κ3) is 3.96. The first-order valence-electron chi connectivity index (χ1n) is 9.96. The Kier molecular flexibility index (Phi) is 5.61. The van der Waals surface area contributed by atoms with E-state index in [1.54, 1.807) is 18.9 Å². The van der Waals surface area contributed by atoms with Crippen molar-refractivity contribution in [2.24, 2.45) is 7.05 Å². The predicted octanol–water partition coefficient (Wildman–Crippen LogP) is 3.07. The Balaban J connectivity index is 1.44. The van der Waals surface area contributed by atoms with Crippen LogP contribution in [0.4, 0.5) is 5.69 Å². The van der Waals surface area contributed by atoms with Crippen molar-refractivity contribution < 1.29 is 14.3 Å². The molecule has 1 amide bonds. The van der Waals surface area contributed by atoms with Gasteiger partial charge in [0.05, 0.1) is 19.9 Å². The van der Waals surface area contributed by atoms with E-state index in [4.69, 9.17) is 9.47 Å². The fraction of sp³-hybridized carbons (Fsp3) is 0.304. The molecule has 3 aromatic rings. The molecule has 1 aliphatic heterocycles. The molecule has 7 heteroatoms. The van der Waals surface area contributed by atoms with Crippen LogP contribution >= 0.6 is 0 Å².